The van der Waals surface area contributed by atoms with E-state index in [4.69, 9.17) is 5.73 Å². The largest absolute Gasteiger partial charge is 0.343 e. The Bertz CT molecular complexity index is 380. The van der Waals surface area contributed by atoms with Crippen molar-refractivity contribution in [1.29, 1.82) is 0 Å². The van der Waals surface area contributed by atoms with E-state index in [9.17, 15) is 13.2 Å². The van der Waals surface area contributed by atoms with Gasteiger partial charge in [-0.15, -0.1) is 12.4 Å². The van der Waals surface area contributed by atoms with E-state index in [1.54, 1.807) is 20.9 Å². The first-order chi connectivity index (χ1) is 7.40. The van der Waals surface area contributed by atoms with Gasteiger partial charge in [-0.3, -0.25) is 4.79 Å². The summed E-state index contributed by atoms with van der Waals surface area (Å²) in [6, 6.07) is -0.588. The zero-order valence-electron chi connectivity index (χ0n) is 11.9. The molecule has 18 heavy (non-hydrogen) atoms. The van der Waals surface area contributed by atoms with Gasteiger partial charge in [0.1, 0.15) is 0 Å². The molecule has 0 aliphatic rings. The molecule has 0 saturated heterocycles. The maximum atomic E-state index is 11.9. The van der Waals surface area contributed by atoms with Crippen LogP contribution in [0.25, 0.3) is 0 Å². The fourth-order valence-corrected chi connectivity index (χ4v) is 1.73. The van der Waals surface area contributed by atoms with Gasteiger partial charge in [0.25, 0.3) is 0 Å². The molecule has 0 rings (SSSR count). The highest BCUT2D eigenvalue weighted by Crippen LogP contribution is 2.17. The zero-order valence-corrected chi connectivity index (χ0v) is 13.6. The number of carbonyl (C=O) groups excluding carboxylic acids is 1. The Hall–Kier alpha value is -0.330. The molecule has 0 heterocycles. The van der Waals surface area contributed by atoms with Gasteiger partial charge in [0, 0.05) is 19.8 Å². The number of hydrogen-bond acceptors (Lipinski definition) is 4. The summed E-state index contributed by atoms with van der Waals surface area (Å²) in [5.74, 6) is -0.192. The lowest BCUT2D eigenvalue weighted by molar-refractivity contribution is -0.132. The van der Waals surface area contributed by atoms with E-state index < -0.39 is 20.6 Å². The van der Waals surface area contributed by atoms with E-state index in [0.29, 0.717) is 0 Å². The van der Waals surface area contributed by atoms with Crippen LogP contribution in [0.4, 0.5) is 0 Å². The Kier molecular flexibility index (Phi) is 7.47. The lowest BCUT2D eigenvalue weighted by atomic mass is 10.0. The highest BCUT2D eigenvalue weighted by molar-refractivity contribution is 7.92. The van der Waals surface area contributed by atoms with Gasteiger partial charge in [-0.05, 0) is 19.8 Å². The predicted molar refractivity (Wildman–Crippen MR) is 76.6 cm³/mol. The quantitative estimate of drug-likeness (QED) is 0.809. The Morgan fingerprint density at radius 2 is 1.72 bits per heavy atom. The Labute approximate surface area is 116 Å². The van der Waals surface area contributed by atoms with Crippen molar-refractivity contribution in [2.75, 3.05) is 19.8 Å². The summed E-state index contributed by atoms with van der Waals surface area (Å²) in [7, 11) is -1.63. The van der Waals surface area contributed by atoms with Gasteiger partial charge in [-0.2, -0.15) is 0 Å². The van der Waals surface area contributed by atoms with Crippen LogP contribution in [0.2, 0.25) is 0 Å². The number of hydrogen-bond donors (Lipinski definition) is 1. The van der Waals surface area contributed by atoms with Gasteiger partial charge >= 0.3 is 0 Å². The van der Waals surface area contributed by atoms with Crippen LogP contribution < -0.4 is 5.73 Å². The maximum absolute atomic E-state index is 11.9. The number of sulfone groups is 1. The maximum Gasteiger partial charge on any atom is 0.239 e. The van der Waals surface area contributed by atoms with Crippen LogP contribution in [0.1, 0.15) is 27.7 Å². The Morgan fingerprint density at radius 3 is 2.00 bits per heavy atom. The molecular formula is C11H25ClN2O3S. The smallest absolute Gasteiger partial charge is 0.239 e. The van der Waals surface area contributed by atoms with E-state index in [0.717, 1.165) is 0 Å². The number of carbonyl (C=O) groups is 1. The fourth-order valence-electron chi connectivity index (χ4n) is 1.31. The Balaban J connectivity index is 0. The molecule has 5 nitrogen and oxygen atoms in total. The third-order valence-corrected chi connectivity index (χ3v) is 5.14. The summed E-state index contributed by atoms with van der Waals surface area (Å²) < 4.78 is 22.1. The first-order valence-corrected chi connectivity index (χ1v) is 7.49. The average Bonchev–Trinajstić information content (AvgIpc) is 2.12. The van der Waals surface area contributed by atoms with Gasteiger partial charge in [-0.25, -0.2) is 8.42 Å². The lowest BCUT2D eigenvalue weighted by Crippen LogP contribution is -2.50. The van der Waals surface area contributed by atoms with Crippen molar-refractivity contribution in [3.8, 4) is 0 Å². The van der Waals surface area contributed by atoms with Crippen LogP contribution >= 0.6 is 12.4 Å². The third kappa shape index (κ3) is 5.12. The molecule has 0 aromatic carbocycles. The summed E-state index contributed by atoms with van der Waals surface area (Å²) in [5.41, 5.74) is 5.75. The molecule has 7 heteroatoms. The molecule has 0 fully saturated rings. The van der Waals surface area contributed by atoms with E-state index >= 15 is 0 Å². The monoisotopic (exact) mass is 300 g/mol. The van der Waals surface area contributed by atoms with Crippen LogP contribution in [0.15, 0.2) is 0 Å². The number of nitrogens with two attached hydrogens (primary N) is 1. The molecule has 0 aromatic rings. The van der Waals surface area contributed by atoms with Gasteiger partial charge in [0.15, 0.2) is 9.84 Å². The first kappa shape index (κ1) is 20.0. The minimum absolute atomic E-state index is 0. The predicted octanol–water partition coefficient (Wildman–Crippen LogP) is 0.673. The van der Waals surface area contributed by atoms with Crippen LogP contribution in [0.3, 0.4) is 0 Å². The number of nitrogens with zero attached hydrogens (tertiary/aromatic N) is 1. The van der Waals surface area contributed by atoms with Gasteiger partial charge in [-0.1, -0.05) is 13.8 Å². The summed E-state index contributed by atoms with van der Waals surface area (Å²) in [6.45, 7) is 7.07. The summed E-state index contributed by atoms with van der Waals surface area (Å²) in [4.78, 5) is 13.3. The number of likely N-dealkylation sites (N-methyl/N-ethyl adjacent to an activating group) is 1. The topological polar surface area (TPSA) is 80.5 Å². The van der Waals surface area contributed by atoms with Crippen molar-refractivity contribution >= 4 is 28.2 Å². The van der Waals surface area contributed by atoms with Crippen molar-refractivity contribution < 1.29 is 13.2 Å². The molecule has 0 spiro atoms. The average molecular weight is 301 g/mol. The molecular weight excluding hydrogens is 276 g/mol. The van der Waals surface area contributed by atoms with Crippen molar-refractivity contribution in [3.63, 3.8) is 0 Å². The molecule has 0 unspecified atom stereocenters. The molecule has 0 aliphatic heterocycles. The highest BCUT2D eigenvalue weighted by atomic mass is 35.5. The molecule has 0 aromatic heterocycles. The first-order valence-electron chi connectivity index (χ1n) is 5.60. The second-order valence-electron chi connectivity index (χ2n) is 5.50. The van der Waals surface area contributed by atoms with Gasteiger partial charge in [0.05, 0.1) is 10.8 Å². The Morgan fingerprint density at radius 1 is 1.33 bits per heavy atom. The van der Waals surface area contributed by atoms with Gasteiger partial charge in [0.2, 0.25) is 5.91 Å². The van der Waals surface area contributed by atoms with Crippen LogP contribution in [-0.2, 0) is 14.6 Å². The minimum Gasteiger partial charge on any atom is -0.343 e. The third-order valence-electron chi connectivity index (χ3n) is 3.00. The van der Waals surface area contributed by atoms with Crippen molar-refractivity contribution in [2.45, 2.75) is 38.5 Å². The number of rotatable bonds is 5. The molecule has 2 N–H and O–H groups in total. The zero-order chi connectivity index (χ0) is 14.0. The van der Waals surface area contributed by atoms with E-state index in [1.807, 2.05) is 13.8 Å². The second kappa shape index (κ2) is 6.73. The molecule has 0 radical (unpaired) electrons. The highest BCUT2D eigenvalue weighted by Gasteiger charge is 2.34. The second-order valence-corrected chi connectivity index (χ2v) is 8.15. The van der Waals surface area contributed by atoms with Crippen LogP contribution in [-0.4, -0.2) is 49.9 Å². The normalized spacial score (nSPS) is 14.0. The van der Waals surface area contributed by atoms with Crippen molar-refractivity contribution in [2.24, 2.45) is 11.7 Å². The van der Waals surface area contributed by atoms with Crippen molar-refractivity contribution in [3.05, 3.63) is 0 Å². The van der Waals surface area contributed by atoms with Crippen LogP contribution in [0, 0.1) is 5.92 Å². The van der Waals surface area contributed by atoms with E-state index in [1.165, 1.54) is 11.2 Å². The molecule has 0 bridgehead atoms. The molecule has 0 aliphatic carbocycles. The molecule has 0 saturated carbocycles. The van der Waals surface area contributed by atoms with Crippen molar-refractivity contribution in [1.82, 2.24) is 4.90 Å². The number of amides is 1. The minimum atomic E-state index is -3.21. The molecule has 110 valence electrons. The standard InChI is InChI=1S/C11H24N2O3S.ClH/c1-8(2)9(12)10(14)13(5)7-11(3,4)17(6,15)16;/h8-9H,7,12H2,1-6H3;1H/t9-;/m0./s1. The summed E-state index contributed by atoms with van der Waals surface area (Å²) in [5, 5.41) is 0. The SMILES string of the molecule is CC(C)[C@H](N)C(=O)N(C)CC(C)(C)S(C)(=O)=O.Cl. The molecule has 1 atom stereocenters. The fraction of sp³-hybridized carbons (Fsp3) is 0.909. The van der Waals surface area contributed by atoms with E-state index in [2.05, 4.69) is 0 Å². The summed E-state index contributed by atoms with van der Waals surface area (Å²) >= 11 is 0. The summed E-state index contributed by atoms with van der Waals surface area (Å²) in [6.07, 6.45) is 1.17. The van der Waals surface area contributed by atoms with Gasteiger partial charge < -0.3 is 10.6 Å². The number of halogens is 1. The van der Waals surface area contributed by atoms with Crippen LogP contribution in [0.5, 0.6) is 0 Å². The molecule has 1 amide bonds. The van der Waals surface area contributed by atoms with E-state index in [-0.39, 0.29) is 30.8 Å². The lowest BCUT2D eigenvalue weighted by Gasteiger charge is -2.31.